The largest absolute Gasteiger partial charge is 0.416 e. The fourth-order valence-corrected chi connectivity index (χ4v) is 2.18. The predicted molar refractivity (Wildman–Crippen MR) is 56.0 cm³/mol. The zero-order valence-corrected chi connectivity index (χ0v) is 9.31. The van der Waals surface area contributed by atoms with Crippen LogP contribution < -0.4 is 5.73 Å². The van der Waals surface area contributed by atoms with Crippen LogP contribution in [-0.2, 0) is 11.6 Å². The monoisotopic (exact) mass is 247 g/mol. The van der Waals surface area contributed by atoms with Gasteiger partial charge in [-0.05, 0) is 43.5 Å². The number of rotatable bonds is 2. The number of hydrogen-bond acceptors (Lipinski definition) is 1. The first-order chi connectivity index (χ1) is 7.75. The molecule has 0 aromatic heterocycles. The van der Waals surface area contributed by atoms with Gasteiger partial charge in [0.1, 0.15) is 5.82 Å². The third-order valence-corrected chi connectivity index (χ3v) is 3.46. The van der Waals surface area contributed by atoms with Crippen molar-refractivity contribution in [2.45, 2.75) is 37.4 Å². The lowest BCUT2D eigenvalue weighted by Crippen LogP contribution is -2.31. The van der Waals surface area contributed by atoms with Gasteiger partial charge in [0.25, 0.3) is 0 Å². The van der Waals surface area contributed by atoms with E-state index in [1.807, 2.05) is 0 Å². The summed E-state index contributed by atoms with van der Waals surface area (Å²) in [6.07, 6.45) is -3.10. The Morgan fingerprint density at radius 3 is 2.24 bits per heavy atom. The Balaban J connectivity index is 2.47. The number of benzene rings is 1. The van der Waals surface area contributed by atoms with Crippen LogP contribution in [0.2, 0.25) is 0 Å². The molecule has 1 saturated carbocycles. The van der Waals surface area contributed by atoms with Crippen molar-refractivity contribution in [1.82, 2.24) is 0 Å². The molecule has 1 unspecified atom stereocenters. The molecule has 1 aliphatic carbocycles. The van der Waals surface area contributed by atoms with Gasteiger partial charge >= 0.3 is 6.18 Å². The van der Waals surface area contributed by atoms with Crippen molar-refractivity contribution in [2.24, 2.45) is 5.73 Å². The molecule has 0 amide bonds. The van der Waals surface area contributed by atoms with Crippen molar-refractivity contribution >= 4 is 0 Å². The van der Waals surface area contributed by atoms with E-state index in [0.717, 1.165) is 12.1 Å². The molecule has 1 aromatic rings. The van der Waals surface area contributed by atoms with Crippen LogP contribution in [0.15, 0.2) is 18.2 Å². The molecule has 94 valence electrons. The molecule has 0 heterocycles. The highest BCUT2D eigenvalue weighted by Gasteiger charge is 2.48. The van der Waals surface area contributed by atoms with Gasteiger partial charge in [-0.3, -0.25) is 0 Å². The van der Waals surface area contributed by atoms with Crippen LogP contribution in [0.3, 0.4) is 0 Å². The molecule has 0 saturated heterocycles. The van der Waals surface area contributed by atoms with E-state index < -0.39 is 23.0 Å². The summed E-state index contributed by atoms with van der Waals surface area (Å²) in [6.45, 7) is 1.74. The molecule has 17 heavy (non-hydrogen) atoms. The molecule has 5 heteroatoms. The fraction of sp³-hybridized carbons (Fsp3) is 0.500. The first-order valence-electron chi connectivity index (χ1n) is 5.39. The fourth-order valence-electron chi connectivity index (χ4n) is 2.18. The van der Waals surface area contributed by atoms with Gasteiger partial charge in [0.15, 0.2) is 0 Å². The lowest BCUT2D eigenvalue weighted by molar-refractivity contribution is -0.137. The lowest BCUT2D eigenvalue weighted by atomic mass is 9.88. The van der Waals surface area contributed by atoms with Crippen LogP contribution in [0.4, 0.5) is 17.6 Å². The van der Waals surface area contributed by atoms with Gasteiger partial charge in [0, 0.05) is 11.5 Å². The van der Waals surface area contributed by atoms with Gasteiger partial charge in [-0.1, -0.05) is 0 Å². The van der Waals surface area contributed by atoms with Crippen molar-refractivity contribution in [1.29, 1.82) is 0 Å². The first-order valence-corrected chi connectivity index (χ1v) is 5.39. The number of nitrogens with two attached hydrogens (primary N) is 1. The number of hydrogen-bond donors (Lipinski definition) is 1. The summed E-state index contributed by atoms with van der Waals surface area (Å²) in [5.74, 6) is -0.859. The van der Waals surface area contributed by atoms with Gasteiger partial charge in [-0.25, -0.2) is 4.39 Å². The third-order valence-electron chi connectivity index (χ3n) is 3.46. The molecule has 1 atom stereocenters. The van der Waals surface area contributed by atoms with E-state index in [4.69, 9.17) is 5.73 Å². The zero-order valence-electron chi connectivity index (χ0n) is 9.31. The summed E-state index contributed by atoms with van der Waals surface area (Å²) in [5.41, 5.74) is 4.72. The zero-order chi connectivity index (χ0) is 12.8. The van der Waals surface area contributed by atoms with E-state index in [0.29, 0.717) is 24.5 Å². The molecule has 1 fully saturated rings. The maximum atomic E-state index is 13.2. The standard InChI is InChI=1S/C12H13F4N/c1-7(17)11(2-3-11)8-4-9(12(14,15)16)6-10(13)5-8/h4-7H,2-3,17H2,1H3. The number of alkyl halides is 3. The Kier molecular flexibility index (Phi) is 2.69. The highest BCUT2D eigenvalue weighted by atomic mass is 19.4. The topological polar surface area (TPSA) is 26.0 Å². The Morgan fingerprint density at radius 1 is 1.24 bits per heavy atom. The van der Waals surface area contributed by atoms with Crippen LogP contribution in [0.1, 0.15) is 30.9 Å². The van der Waals surface area contributed by atoms with Gasteiger partial charge in [0.2, 0.25) is 0 Å². The average molecular weight is 247 g/mol. The minimum Gasteiger partial charge on any atom is -0.327 e. The molecule has 1 aliphatic rings. The van der Waals surface area contributed by atoms with Crippen LogP contribution in [0, 0.1) is 5.82 Å². The molecule has 2 rings (SSSR count). The van der Waals surface area contributed by atoms with Crippen molar-refractivity contribution in [3.05, 3.63) is 35.1 Å². The second-order valence-corrected chi connectivity index (χ2v) is 4.67. The quantitative estimate of drug-likeness (QED) is 0.798. The summed E-state index contributed by atoms with van der Waals surface area (Å²) in [5, 5.41) is 0. The molecular weight excluding hydrogens is 234 g/mol. The van der Waals surface area contributed by atoms with Crippen LogP contribution in [-0.4, -0.2) is 6.04 Å². The minimum absolute atomic E-state index is 0.273. The molecule has 0 bridgehead atoms. The molecule has 2 N–H and O–H groups in total. The maximum Gasteiger partial charge on any atom is 0.416 e. The highest BCUT2D eigenvalue weighted by Crippen LogP contribution is 2.51. The van der Waals surface area contributed by atoms with Gasteiger partial charge in [-0.15, -0.1) is 0 Å². The predicted octanol–water partition coefficient (Wildman–Crippen LogP) is 3.22. The molecule has 0 aliphatic heterocycles. The summed E-state index contributed by atoms with van der Waals surface area (Å²) in [6, 6.07) is 2.41. The molecule has 1 aromatic carbocycles. The van der Waals surface area contributed by atoms with E-state index in [2.05, 4.69) is 0 Å². The third kappa shape index (κ3) is 2.16. The van der Waals surface area contributed by atoms with Crippen LogP contribution in [0.25, 0.3) is 0 Å². The van der Waals surface area contributed by atoms with Crippen LogP contribution >= 0.6 is 0 Å². The van der Waals surface area contributed by atoms with Gasteiger partial charge < -0.3 is 5.73 Å². The Bertz CT molecular complexity index is 433. The molecule has 1 nitrogen and oxygen atoms in total. The highest BCUT2D eigenvalue weighted by molar-refractivity contribution is 5.38. The second kappa shape index (κ2) is 3.70. The molecular formula is C12H13F4N. The summed E-state index contributed by atoms with van der Waals surface area (Å²) < 4.78 is 50.9. The normalized spacial score (nSPS) is 20.1. The van der Waals surface area contributed by atoms with Crippen molar-refractivity contribution in [2.75, 3.05) is 0 Å². The Morgan fingerprint density at radius 2 is 1.82 bits per heavy atom. The van der Waals surface area contributed by atoms with Crippen LogP contribution in [0.5, 0.6) is 0 Å². The van der Waals surface area contributed by atoms with E-state index in [-0.39, 0.29) is 6.04 Å². The number of halogens is 4. The SMILES string of the molecule is CC(N)C1(c2cc(F)cc(C(F)(F)F)c2)CC1. The van der Waals surface area contributed by atoms with E-state index in [1.54, 1.807) is 6.92 Å². The van der Waals surface area contributed by atoms with Gasteiger partial charge in [0.05, 0.1) is 5.56 Å². The smallest absolute Gasteiger partial charge is 0.327 e. The summed E-state index contributed by atoms with van der Waals surface area (Å²) >= 11 is 0. The minimum atomic E-state index is -4.52. The van der Waals surface area contributed by atoms with E-state index in [9.17, 15) is 17.6 Å². The van der Waals surface area contributed by atoms with Crippen molar-refractivity contribution in [3.63, 3.8) is 0 Å². The summed E-state index contributed by atoms with van der Waals surface area (Å²) in [4.78, 5) is 0. The Hall–Kier alpha value is -1.10. The lowest BCUT2D eigenvalue weighted by Gasteiger charge is -2.21. The summed E-state index contributed by atoms with van der Waals surface area (Å²) in [7, 11) is 0. The second-order valence-electron chi connectivity index (χ2n) is 4.67. The van der Waals surface area contributed by atoms with E-state index >= 15 is 0 Å². The maximum absolute atomic E-state index is 13.2. The van der Waals surface area contributed by atoms with E-state index in [1.165, 1.54) is 0 Å². The molecule has 0 spiro atoms. The van der Waals surface area contributed by atoms with Crippen molar-refractivity contribution < 1.29 is 17.6 Å². The molecule has 0 radical (unpaired) electrons. The Labute approximate surface area is 96.6 Å². The van der Waals surface area contributed by atoms with Gasteiger partial charge in [-0.2, -0.15) is 13.2 Å². The first kappa shape index (κ1) is 12.4. The average Bonchev–Trinajstić information content (AvgIpc) is 2.95. The van der Waals surface area contributed by atoms with Crippen molar-refractivity contribution in [3.8, 4) is 0 Å².